The molecular weight excluding hydrogens is 220 g/mol. The molecule has 92 valence electrons. The maximum atomic E-state index is 12.0. The normalized spacial score (nSPS) is 28.1. The standard InChI is InChI=1S/C10H16N6O/c17-9(5-16-8-12-13-14-16)15-4-2-10(7-15)1-3-11-6-10/h8,11H,1-7H2. The van der Waals surface area contributed by atoms with Gasteiger partial charge in [-0.05, 0) is 29.8 Å². The fraction of sp³-hybridized carbons (Fsp3) is 0.800. The van der Waals surface area contributed by atoms with Crippen LogP contribution >= 0.6 is 0 Å². The van der Waals surface area contributed by atoms with Gasteiger partial charge in [0.1, 0.15) is 12.9 Å². The second-order valence-electron chi connectivity index (χ2n) is 5.00. The molecule has 7 nitrogen and oxygen atoms in total. The largest absolute Gasteiger partial charge is 0.340 e. The summed E-state index contributed by atoms with van der Waals surface area (Å²) in [5.41, 5.74) is 0.330. The molecule has 17 heavy (non-hydrogen) atoms. The van der Waals surface area contributed by atoms with Crippen molar-refractivity contribution < 1.29 is 4.79 Å². The second kappa shape index (κ2) is 4.06. The molecule has 3 heterocycles. The van der Waals surface area contributed by atoms with E-state index in [9.17, 15) is 4.79 Å². The van der Waals surface area contributed by atoms with E-state index in [-0.39, 0.29) is 12.5 Å². The first-order valence-corrected chi connectivity index (χ1v) is 5.97. The first-order valence-electron chi connectivity index (χ1n) is 5.97. The molecule has 3 rings (SSSR count). The number of carbonyl (C=O) groups is 1. The average Bonchev–Trinajstić information content (AvgIpc) is 3.03. The smallest absolute Gasteiger partial charge is 0.244 e. The van der Waals surface area contributed by atoms with E-state index in [2.05, 4.69) is 20.8 Å². The average molecular weight is 236 g/mol. The van der Waals surface area contributed by atoms with Gasteiger partial charge in [0, 0.05) is 25.0 Å². The number of rotatable bonds is 2. The zero-order valence-electron chi connectivity index (χ0n) is 9.67. The third-order valence-electron chi connectivity index (χ3n) is 3.81. The summed E-state index contributed by atoms with van der Waals surface area (Å²) in [6.45, 7) is 4.11. The molecule has 2 fully saturated rings. The van der Waals surface area contributed by atoms with Crippen LogP contribution in [0, 0.1) is 5.41 Å². The van der Waals surface area contributed by atoms with Gasteiger partial charge in [-0.15, -0.1) is 5.10 Å². The fourth-order valence-corrected chi connectivity index (χ4v) is 2.78. The third-order valence-corrected chi connectivity index (χ3v) is 3.81. The molecule has 0 aliphatic carbocycles. The van der Waals surface area contributed by atoms with E-state index in [1.807, 2.05) is 4.90 Å². The molecule has 1 unspecified atom stereocenters. The summed E-state index contributed by atoms with van der Waals surface area (Å²) >= 11 is 0. The molecule has 1 spiro atoms. The number of nitrogens with one attached hydrogen (secondary N) is 1. The van der Waals surface area contributed by atoms with Crippen LogP contribution in [0.4, 0.5) is 0 Å². The van der Waals surface area contributed by atoms with Gasteiger partial charge in [0.15, 0.2) is 0 Å². The Kier molecular flexibility index (Phi) is 2.54. The van der Waals surface area contributed by atoms with Crippen molar-refractivity contribution in [2.75, 3.05) is 26.2 Å². The lowest BCUT2D eigenvalue weighted by molar-refractivity contribution is -0.131. The molecule has 0 bridgehead atoms. The lowest BCUT2D eigenvalue weighted by Crippen LogP contribution is -2.35. The van der Waals surface area contributed by atoms with Gasteiger partial charge in [0.25, 0.3) is 0 Å². The molecule has 0 radical (unpaired) electrons. The van der Waals surface area contributed by atoms with Crippen LogP contribution in [-0.2, 0) is 11.3 Å². The molecule has 1 aromatic heterocycles. The molecule has 1 N–H and O–H groups in total. The van der Waals surface area contributed by atoms with E-state index < -0.39 is 0 Å². The Balaban J connectivity index is 1.60. The van der Waals surface area contributed by atoms with Crippen molar-refractivity contribution in [2.45, 2.75) is 19.4 Å². The zero-order valence-corrected chi connectivity index (χ0v) is 9.67. The number of likely N-dealkylation sites (tertiary alicyclic amines) is 1. The summed E-state index contributed by atoms with van der Waals surface area (Å²) in [6.07, 6.45) is 3.77. The zero-order chi connectivity index (χ0) is 11.7. The topological polar surface area (TPSA) is 75.9 Å². The van der Waals surface area contributed by atoms with Crippen LogP contribution in [0.25, 0.3) is 0 Å². The summed E-state index contributed by atoms with van der Waals surface area (Å²) in [4.78, 5) is 14.0. The highest BCUT2D eigenvalue weighted by atomic mass is 16.2. The predicted molar refractivity (Wildman–Crippen MR) is 58.9 cm³/mol. The maximum Gasteiger partial charge on any atom is 0.244 e. The van der Waals surface area contributed by atoms with Crippen molar-refractivity contribution in [3.63, 3.8) is 0 Å². The van der Waals surface area contributed by atoms with Gasteiger partial charge >= 0.3 is 0 Å². The molecule has 0 saturated carbocycles. The van der Waals surface area contributed by atoms with Crippen LogP contribution in [0.5, 0.6) is 0 Å². The van der Waals surface area contributed by atoms with Gasteiger partial charge in [0.2, 0.25) is 5.91 Å². The van der Waals surface area contributed by atoms with Crippen molar-refractivity contribution in [1.29, 1.82) is 0 Å². The highest BCUT2D eigenvalue weighted by molar-refractivity contribution is 5.76. The number of aromatic nitrogens is 4. The van der Waals surface area contributed by atoms with Crippen LogP contribution < -0.4 is 5.32 Å². The van der Waals surface area contributed by atoms with Crippen LogP contribution in [0.2, 0.25) is 0 Å². The maximum absolute atomic E-state index is 12.0. The van der Waals surface area contributed by atoms with Crippen molar-refractivity contribution >= 4 is 5.91 Å². The molecule has 2 aliphatic rings. The third kappa shape index (κ3) is 2.02. The number of hydrogen-bond donors (Lipinski definition) is 1. The van der Waals surface area contributed by atoms with Crippen molar-refractivity contribution in [3.8, 4) is 0 Å². The number of nitrogens with zero attached hydrogens (tertiary/aromatic N) is 5. The highest BCUT2D eigenvalue weighted by Crippen LogP contribution is 2.35. The minimum Gasteiger partial charge on any atom is -0.340 e. The quantitative estimate of drug-likeness (QED) is 0.704. The van der Waals surface area contributed by atoms with E-state index in [1.165, 1.54) is 17.4 Å². The lowest BCUT2D eigenvalue weighted by atomic mass is 9.87. The number of amides is 1. The Labute approximate surface area is 99.2 Å². The Morgan fingerprint density at radius 1 is 1.47 bits per heavy atom. The summed E-state index contributed by atoms with van der Waals surface area (Å²) in [6, 6.07) is 0. The molecule has 1 aromatic rings. The predicted octanol–water partition coefficient (Wildman–Crippen LogP) is -1.11. The Bertz CT molecular complexity index is 397. The number of hydrogen-bond acceptors (Lipinski definition) is 5. The number of carbonyl (C=O) groups excluding carboxylic acids is 1. The van der Waals surface area contributed by atoms with E-state index >= 15 is 0 Å². The van der Waals surface area contributed by atoms with Crippen LogP contribution in [-0.4, -0.2) is 57.2 Å². The number of tetrazole rings is 1. The summed E-state index contributed by atoms with van der Waals surface area (Å²) < 4.78 is 1.47. The second-order valence-corrected chi connectivity index (χ2v) is 5.00. The van der Waals surface area contributed by atoms with Crippen LogP contribution in [0.3, 0.4) is 0 Å². The molecule has 1 amide bonds. The van der Waals surface area contributed by atoms with Crippen molar-refractivity contribution in [1.82, 2.24) is 30.4 Å². The van der Waals surface area contributed by atoms with E-state index in [4.69, 9.17) is 0 Å². The molecule has 2 saturated heterocycles. The van der Waals surface area contributed by atoms with Crippen molar-refractivity contribution in [2.24, 2.45) is 5.41 Å². The minimum atomic E-state index is 0.112. The summed E-state index contributed by atoms with van der Waals surface area (Å²) in [5.74, 6) is 0.112. The molecule has 2 aliphatic heterocycles. The molecule has 0 aromatic carbocycles. The van der Waals surface area contributed by atoms with Gasteiger partial charge < -0.3 is 10.2 Å². The van der Waals surface area contributed by atoms with E-state index in [1.54, 1.807) is 0 Å². The summed E-state index contributed by atoms with van der Waals surface area (Å²) in [5, 5.41) is 14.1. The highest BCUT2D eigenvalue weighted by Gasteiger charge is 2.41. The Morgan fingerprint density at radius 3 is 3.12 bits per heavy atom. The van der Waals surface area contributed by atoms with E-state index in [0.717, 1.165) is 32.6 Å². The Hall–Kier alpha value is -1.50. The SMILES string of the molecule is O=C(Cn1cnnn1)N1CCC2(CCNC2)C1. The van der Waals surface area contributed by atoms with Gasteiger partial charge in [-0.1, -0.05) is 0 Å². The molecule has 7 heteroatoms. The molecule has 1 atom stereocenters. The van der Waals surface area contributed by atoms with Crippen molar-refractivity contribution in [3.05, 3.63) is 6.33 Å². The van der Waals surface area contributed by atoms with Crippen LogP contribution in [0.15, 0.2) is 6.33 Å². The lowest BCUT2D eigenvalue weighted by Gasteiger charge is -2.22. The van der Waals surface area contributed by atoms with Gasteiger partial charge in [0.05, 0.1) is 0 Å². The molecular formula is C10H16N6O. The Morgan fingerprint density at radius 2 is 2.41 bits per heavy atom. The summed E-state index contributed by atoms with van der Waals surface area (Å²) in [7, 11) is 0. The first-order chi connectivity index (χ1) is 8.27. The van der Waals surface area contributed by atoms with Crippen LogP contribution in [0.1, 0.15) is 12.8 Å². The minimum absolute atomic E-state index is 0.112. The van der Waals surface area contributed by atoms with Gasteiger partial charge in [-0.2, -0.15) is 0 Å². The van der Waals surface area contributed by atoms with Gasteiger partial charge in [-0.3, -0.25) is 4.79 Å². The first kappa shape index (κ1) is 10.6. The van der Waals surface area contributed by atoms with E-state index in [0.29, 0.717) is 5.41 Å². The fourth-order valence-electron chi connectivity index (χ4n) is 2.78. The van der Waals surface area contributed by atoms with Gasteiger partial charge in [-0.25, -0.2) is 4.68 Å². The monoisotopic (exact) mass is 236 g/mol.